The molecule has 6 heteroatoms. The maximum atomic E-state index is 4.91. The monoisotopic (exact) mass is 156 g/mol. The van der Waals surface area contributed by atoms with Gasteiger partial charge in [-0.2, -0.15) is 0 Å². The molecule has 0 unspecified atom stereocenters. The van der Waals surface area contributed by atoms with Crippen LogP contribution in [0.25, 0.3) is 0 Å². The van der Waals surface area contributed by atoms with Crippen LogP contribution >= 0.6 is 11.9 Å². The van der Waals surface area contributed by atoms with E-state index >= 15 is 0 Å². The molecule has 0 amide bonds. The summed E-state index contributed by atoms with van der Waals surface area (Å²) in [5.74, 6) is 0.356. The maximum absolute atomic E-state index is 4.91. The first-order chi connectivity index (χ1) is 4.97. The fourth-order valence-corrected chi connectivity index (χ4v) is 0.977. The van der Waals surface area contributed by atoms with Crippen LogP contribution in [0.4, 0.5) is 5.88 Å². The van der Waals surface area contributed by atoms with Crippen molar-refractivity contribution in [3.8, 4) is 0 Å². The topological polar surface area (TPSA) is 51.4 Å². The summed E-state index contributed by atoms with van der Waals surface area (Å²) in [5.41, 5.74) is 0. The minimum absolute atomic E-state index is 0.356. The average molecular weight is 156 g/mol. The Hall–Kier alpha value is -1.17. The van der Waals surface area contributed by atoms with E-state index in [2.05, 4.69) is 21.1 Å². The number of anilines is 1. The standard InChI is InChI=1S/C4H2N3O2S/c1-2-10-7(8-1)4-3-5-6-9-4/h1-2H. The van der Waals surface area contributed by atoms with Crippen molar-refractivity contribution < 1.29 is 9.36 Å². The van der Waals surface area contributed by atoms with Crippen LogP contribution in [0.1, 0.15) is 0 Å². The summed E-state index contributed by atoms with van der Waals surface area (Å²) in [5, 5.41) is 8.35. The first-order valence-corrected chi connectivity index (χ1v) is 3.29. The molecule has 5 nitrogen and oxygen atoms in total. The van der Waals surface area contributed by atoms with Crippen LogP contribution < -0.4 is 4.47 Å². The molecule has 0 saturated heterocycles. The summed E-state index contributed by atoms with van der Waals surface area (Å²) in [4.78, 5) is 4.91. The van der Waals surface area contributed by atoms with Gasteiger partial charge in [0.05, 0.1) is 0 Å². The van der Waals surface area contributed by atoms with Gasteiger partial charge in [0.25, 0.3) is 0 Å². The van der Waals surface area contributed by atoms with Crippen LogP contribution in [-0.2, 0) is 4.84 Å². The van der Waals surface area contributed by atoms with E-state index in [0.29, 0.717) is 5.88 Å². The molecule has 1 aromatic rings. The number of hydrogen-bond acceptors (Lipinski definition) is 6. The minimum Gasteiger partial charge on any atom is -0.372 e. The van der Waals surface area contributed by atoms with Crippen LogP contribution in [0.15, 0.2) is 16.2 Å². The summed E-state index contributed by atoms with van der Waals surface area (Å²) < 4.78 is 6.04. The molecule has 1 aliphatic rings. The number of hydrogen-bond donors (Lipinski definition) is 0. The molecule has 2 rings (SSSR count). The highest BCUT2D eigenvalue weighted by molar-refractivity contribution is 8.03. The Morgan fingerprint density at radius 3 is 3.30 bits per heavy atom. The van der Waals surface area contributed by atoms with Gasteiger partial charge in [0.2, 0.25) is 0 Å². The minimum atomic E-state index is 0.356. The van der Waals surface area contributed by atoms with Gasteiger partial charge >= 0.3 is 5.88 Å². The van der Waals surface area contributed by atoms with E-state index in [0.717, 1.165) is 0 Å². The maximum Gasteiger partial charge on any atom is 0.301 e. The van der Waals surface area contributed by atoms with Crippen LogP contribution in [-0.4, -0.2) is 10.4 Å². The van der Waals surface area contributed by atoms with Gasteiger partial charge in [-0.1, -0.05) is 0 Å². The summed E-state index contributed by atoms with van der Waals surface area (Å²) in [6, 6.07) is 0. The molecule has 51 valence electrons. The molecule has 0 saturated carbocycles. The molecule has 0 N–H and O–H groups in total. The van der Waals surface area contributed by atoms with Gasteiger partial charge in [-0.15, -0.1) is 9.57 Å². The van der Waals surface area contributed by atoms with E-state index in [1.165, 1.54) is 22.7 Å². The second kappa shape index (κ2) is 2.22. The quantitative estimate of drug-likeness (QED) is 0.559. The van der Waals surface area contributed by atoms with Gasteiger partial charge < -0.3 is 9.36 Å². The summed E-state index contributed by atoms with van der Waals surface area (Å²) in [7, 11) is 0. The molecule has 0 spiro atoms. The van der Waals surface area contributed by atoms with E-state index in [1.54, 1.807) is 5.41 Å². The molecular formula is C4H2N3O2S. The lowest BCUT2D eigenvalue weighted by atomic mass is 10.8. The van der Waals surface area contributed by atoms with Crippen LogP contribution in [0.2, 0.25) is 0 Å². The summed E-state index contributed by atoms with van der Waals surface area (Å²) in [6.45, 7) is 0. The highest BCUT2D eigenvalue weighted by atomic mass is 32.2. The molecule has 0 aliphatic carbocycles. The fraction of sp³-hybridized carbons (Fsp3) is 0. The molecule has 1 aromatic heterocycles. The van der Waals surface area contributed by atoms with E-state index in [1.807, 2.05) is 0 Å². The van der Waals surface area contributed by atoms with E-state index in [4.69, 9.17) is 4.84 Å². The lowest BCUT2D eigenvalue weighted by molar-refractivity contribution is 0.257. The second-order valence-corrected chi connectivity index (χ2v) is 2.24. The van der Waals surface area contributed by atoms with Crippen molar-refractivity contribution in [3.63, 3.8) is 0 Å². The highest BCUT2D eigenvalue weighted by Crippen LogP contribution is 2.26. The Bertz CT molecular complexity index is 227. The molecule has 0 atom stereocenters. The predicted molar refractivity (Wildman–Crippen MR) is 33.4 cm³/mol. The SMILES string of the molecule is [c]1nnoc1N1OC=CS1. The lowest BCUT2D eigenvalue weighted by Crippen LogP contribution is -2.04. The van der Waals surface area contributed by atoms with Crippen LogP contribution in [0, 0.1) is 6.20 Å². The fourth-order valence-electron chi connectivity index (χ4n) is 0.498. The Labute approximate surface area is 60.7 Å². The van der Waals surface area contributed by atoms with Crippen molar-refractivity contribution in [2.24, 2.45) is 0 Å². The molecule has 0 bridgehead atoms. The van der Waals surface area contributed by atoms with Gasteiger partial charge in [-0.3, -0.25) is 0 Å². The van der Waals surface area contributed by atoms with Crippen LogP contribution in [0.5, 0.6) is 0 Å². The van der Waals surface area contributed by atoms with Crippen LogP contribution in [0.3, 0.4) is 0 Å². The smallest absolute Gasteiger partial charge is 0.301 e. The van der Waals surface area contributed by atoms with Gasteiger partial charge in [0, 0.05) is 22.6 Å². The van der Waals surface area contributed by atoms with Gasteiger partial charge in [-0.05, 0) is 0 Å². The number of nitrogens with zero attached hydrogens (tertiary/aromatic N) is 3. The average Bonchev–Trinajstić information content (AvgIpc) is 2.59. The van der Waals surface area contributed by atoms with Gasteiger partial charge in [0.15, 0.2) is 6.20 Å². The third kappa shape index (κ3) is 0.820. The van der Waals surface area contributed by atoms with Crippen molar-refractivity contribution in [3.05, 3.63) is 17.9 Å². The molecule has 1 radical (unpaired) electrons. The molecule has 1 aliphatic heterocycles. The third-order valence-corrected chi connectivity index (χ3v) is 1.52. The Morgan fingerprint density at radius 1 is 1.70 bits per heavy atom. The zero-order valence-corrected chi connectivity index (χ0v) is 5.54. The molecular weight excluding hydrogens is 154 g/mol. The molecule has 2 heterocycles. The summed E-state index contributed by atoms with van der Waals surface area (Å²) >= 11 is 1.33. The van der Waals surface area contributed by atoms with Crippen molar-refractivity contribution in [2.75, 3.05) is 4.47 Å². The molecule has 0 fully saturated rings. The first-order valence-electron chi connectivity index (χ1n) is 2.45. The third-order valence-electron chi connectivity index (χ3n) is 0.848. The number of rotatable bonds is 1. The zero-order valence-electron chi connectivity index (χ0n) is 4.72. The Kier molecular flexibility index (Phi) is 1.24. The highest BCUT2D eigenvalue weighted by Gasteiger charge is 2.14. The van der Waals surface area contributed by atoms with Gasteiger partial charge in [-0.25, -0.2) is 0 Å². The zero-order chi connectivity index (χ0) is 6.81. The first kappa shape index (κ1) is 5.60. The predicted octanol–water partition coefficient (Wildman–Crippen LogP) is 0.741. The number of aromatic nitrogens is 2. The second-order valence-electron chi connectivity index (χ2n) is 1.43. The van der Waals surface area contributed by atoms with Crippen molar-refractivity contribution in [2.45, 2.75) is 0 Å². The van der Waals surface area contributed by atoms with Gasteiger partial charge in [0.1, 0.15) is 6.26 Å². The normalized spacial score (nSPS) is 15.8. The van der Waals surface area contributed by atoms with Crippen molar-refractivity contribution in [1.29, 1.82) is 0 Å². The molecule has 10 heavy (non-hydrogen) atoms. The molecule has 0 aromatic carbocycles. The Morgan fingerprint density at radius 2 is 2.70 bits per heavy atom. The van der Waals surface area contributed by atoms with Crippen molar-refractivity contribution >= 4 is 17.8 Å². The van der Waals surface area contributed by atoms with E-state index in [9.17, 15) is 0 Å². The van der Waals surface area contributed by atoms with E-state index < -0.39 is 0 Å². The lowest BCUT2D eigenvalue weighted by Gasteiger charge is -2.06. The van der Waals surface area contributed by atoms with E-state index in [-0.39, 0.29) is 0 Å². The Balaban J connectivity index is 2.14. The summed E-state index contributed by atoms with van der Waals surface area (Å²) in [6.07, 6.45) is 4.02. The largest absolute Gasteiger partial charge is 0.372 e. The van der Waals surface area contributed by atoms with Crippen molar-refractivity contribution in [1.82, 2.24) is 10.4 Å².